The van der Waals surface area contributed by atoms with E-state index < -0.39 is 0 Å². The normalized spacial score (nSPS) is 14.8. The van der Waals surface area contributed by atoms with Crippen LogP contribution in [0.4, 0.5) is 5.69 Å². The van der Waals surface area contributed by atoms with Gasteiger partial charge in [-0.2, -0.15) is 10.1 Å². The molecule has 0 fully saturated rings. The molecule has 1 aliphatic heterocycles. The molecule has 0 saturated carbocycles. The van der Waals surface area contributed by atoms with Crippen LogP contribution in [-0.4, -0.2) is 11.6 Å². The summed E-state index contributed by atoms with van der Waals surface area (Å²) in [7, 11) is 0. The molecule has 7 heteroatoms. The first-order valence-corrected chi connectivity index (χ1v) is 11.3. The lowest BCUT2D eigenvalue weighted by atomic mass is 10.1. The maximum absolute atomic E-state index is 12.9. The van der Waals surface area contributed by atoms with Crippen LogP contribution in [0.15, 0.2) is 77.4 Å². The molecule has 4 nitrogen and oxygen atoms in total. The van der Waals surface area contributed by atoms with Crippen LogP contribution in [0.1, 0.15) is 18.1 Å². The molecule has 1 amide bonds. The van der Waals surface area contributed by atoms with E-state index in [0.29, 0.717) is 27.9 Å². The van der Waals surface area contributed by atoms with Crippen molar-refractivity contribution >= 4 is 69.2 Å². The third-order valence-electron chi connectivity index (χ3n) is 4.71. The first-order chi connectivity index (χ1) is 14.9. The number of hydrogen-bond donors (Lipinski definition) is 0. The topological polar surface area (TPSA) is 41.9 Å². The smallest absolute Gasteiger partial charge is 0.280 e. The summed E-state index contributed by atoms with van der Waals surface area (Å²) in [5.74, 6) is 0.613. The molecule has 0 aromatic heterocycles. The van der Waals surface area contributed by atoms with Crippen molar-refractivity contribution in [2.24, 2.45) is 5.10 Å². The second kappa shape index (κ2) is 9.42. The lowest BCUT2D eigenvalue weighted by molar-refractivity contribution is -0.114. The molecule has 0 saturated heterocycles. The van der Waals surface area contributed by atoms with Crippen molar-refractivity contribution in [2.45, 2.75) is 13.5 Å². The fraction of sp³-hybridized carbons (Fsp3) is 0.0833. The molecule has 31 heavy (non-hydrogen) atoms. The van der Waals surface area contributed by atoms with Crippen LogP contribution in [0, 0.1) is 3.57 Å². The number of benzene rings is 3. The number of amides is 1. The van der Waals surface area contributed by atoms with Gasteiger partial charge in [-0.05, 0) is 83.1 Å². The van der Waals surface area contributed by atoms with Crippen LogP contribution in [0.25, 0.3) is 6.08 Å². The molecule has 1 heterocycles. The van der Waals surface area contributed by atoms with E-state index in [1.807, 2.05) is 67.6 Å². The van der Waals surface area contributed by atoms with Gasteiger partial charge < -0.3 is 4.74 Å². The van der Waals surface area contributed by atoms with Crippen molar-refractivity contribution in [1.82, 2.24) is 0 Å². The minimum atomic E-state index is -0.140. The molecule has 0 N–H and O–H groups in total. The summed E-state index contributed by atoms with van der Waals surface area (Å²) in [6, 6.07) is 20.6. The standard InChI is InChI=1S/C24H17Cl2IN2O2/c1-15-19(24(30)29(28-15)18-5-3-2-4-6-18)11-16-8-10-23(22(27)13-16)31-14-17-7-9-20(25)21(26)12-17/h2-13H,14H2,1H3/b19-11+. The minimum absolute atomic E-state index is 0.140. The number of hydrogen-bond acceptors (Lipinski definition) is 3. The Morgan fingerprint density at radius 1 is 1.03 bits per heavy atom. The zero-order valence-corrected chi connectivity index (χ0v) is 20.1. The molecule has 1 aliphatic rings. The number of carbonyl (C=O) groups is 1. The molecule has 156 valence electrons. The highest BCUT2D eigenvalue weighted by Crippen LogP contribution is 2.28. The summed E-state index contributed by atoms with van der Waals surface area (Å²) in [4.78, 5) is 12.9. The predicted octanol–water partition coefficient (Wildman–Crippen LogP) is 6.98. The van der Waals surface area contributed by atoms with Gasteiger partial charge in [-0.1, -0.05) is 53.5 Å². The third-order valence-corrected chi connectivity index (χ3v) is 6.29. The second-order valence-electron chi connectivity index (χ2n) is 6.92. The Kier molecular flexibility index (Phi) is 6.65. The average Bonchev–Trinajstić information content (AvgIpc) is 3.04. The van der Waals surface area contributed by atoms with Gasteiger partial charge in [-0.3, -0.25) is 4.79 Å². The molecule has 3 aromatic carbocycles. The molecule has 3 aromatic rings. The van der Waals surface area contributed by atoms with E-state index in [0.717, 1.165) is 26.1 Å². The number of carbonyl (C=O) groups excluding carboxylic acids is 1. The highest BCUT2D eigenvalue weighted by atomic mass is 127. The molecule has 0 radical (unpaired) electrons. The first kappa shape index (κ1) is 21.9. The van der Waals surface area contributed by atoms with Crippen molar-refractivity contribution in [3.63, 3.8) is 0 Å². The Morgan fingerprint density at radius 3 is 2.52 bits per heavy atom. The third kappa shape index (κ3) is 4.95. The van der Waals surface area contributed by atoms with Gasteiger partial charge in [-0.25, -0.2) is 0 Å². The zero-order chi connectivity index (χ0) is 22.0. The molecule has 0 atom stereocenters. The highest BCUT2D eigenvalue weighted by Gasteiger charge is 2.28. The number of hydrazone groups is 1. The SMILES string of the molecule is CC1=NN(c2ccccc2)C(=O)/C1=C/c1ccc(OCc2ccc(Cl)c(Cl)c2)c(I)c1. The Hall–Kier alpha value is -2.35. The van der Waals surface area contributed by atoms with Crippen LogP contribution < -0.4 is 9.75 Å². The minimum Gasteiger partial charge on any atom is -0.488 e. The van der Waals surface area contributed by atoms with E-state index in [1.54, 1.807) is 12.1 Å². The van der Waals surface area contributed by atoms with Crippen LogP contribution in [0.3, 0.4) is 0 Å². The monoisotopic (exact) mass is 562 g/mol. The number of para-hydroxylation sites is 1. The fourth-order valence-corrected chi connectivity index (χ4v) is 4.13. The Balaban J connectivity index is 1.50. The molecule has 0 aliphatic carbocycles. The van der Waals surface area contributed by atoms with Crippen molar-refractivity contribution in [3.05, 3.63) is 97.0 Å². The van der Waals surface area contributed by atoms with E-state index in [1.165, 1.54) is 5.01 Å². The van der Waals surface area contributed by atoms with Crippen LogP contribution >= 0.6 is 45.8 Å². The van der Waals surface area contributed by atoms with Gasteiger partial charge in [0.2, 0.25) is 0 Å². The van der Waals surface area contributed by atoms with Gasteiger partial charge in [0, 0.05) is 0 Å². The zero-order valence-electron chi connectivity index (χ0n) is 16.5. The molecule has 0 spiro atoms. The van der Waals surface area contributed by atoms with Gasteiger partial charge in [0.1, 0.15) is 12.4 Å². The van der Waals surface area contributed by atoms with Gasteiger partial charge >= 0.3 is 0 Å². The van der Waals surface area contributed by atoms with Gasteiger partial charge in [-0.15, -0.1) is 0 Å². The predicted molar refractivity (Wildman–Crippen MR) is 135 cm³/mol. The Morgan fingerprint density at radius 2 is 1.81 bits per heavy atom. The molecule has 4 rings (SSSR count). The van der Waals surface area contributed by atoms with Crippen molar-refractivity contribution in [1.29, 1.82) is 0 Å². The summed E-state index contributed by atoms with van der Waals surface area (Å²) in [6.07, 6.45) is 1.86. The number of anilines is 1. The van der Waals surface area contributed by atoms with Crippen molar-refractivity contribution in [2.75, 3.05) is 5.01 Å². The lowest BCUT2D eigenvalue weighted by Gasteiger charge is -2.11. The van der Waals surface area contributed by atoms with Gasteiger partial charge in [0.15, 0.2) is 0 Å². The summed E-state index contributed by atoms with van der Waals surface area (Å²) in [5.41, 5.74) is 3.84. The van der Waals surface area contributed by atoms with E-state index in [-0.39, 0.29) is 5.91 Å². The van der Waals surface area contributed by atoms with Crippen LogP contribution in [0.5, 0.6) is 5.75 Å². The second-order valence-corrected chi connectivity index (χ2v) is 8.90. The molecular formula is C24H17Cl2IN2O2. The fourth-order valence-electron chi connectivity index (χ4n) is 3.11. The maximum Gasteiger partial charge on any atom is 0.280 e. The van der Waals surface area contributed by atoms with Crippen molar-refractivity contribution in [3.8, 4) is 5.75 Å². The average molecular weight is 563 g/mol. The van der Waals surface area contributed by atoms with E-state index in [4.69, 9.17) is 27.9 Å². The molecule has 0 bridgehead atoms. The number of halogens is 3. The van der Waals surface area contributed by atoms with E-state index >= 15 is 0 Å². The van der Waals surface area contributed by atoms with Gasteiger partial charge in [0.05, 0.1) is 30.6 Å². The van der Waals surface area contributed by atoms with E-state index in [2.05, 4.69) is 27.7 Å². The Labute approximate surface area is 204 Å². The first-order valence-electron chi connectivity index (χ1n) is 9.45. The summed E-state index contributed by atoms with van der Waals surface area (Å²) < 4.78 is 6.87. The summed E-state index contributed by atoms with van der Waals surface area (Å²) in [6.45, 7) is 2.22. The lowest BCUT2D eigenvalue weighted by Crippen LogP contribution is -2.21. The Bertz CT molecular complexity index is 1210. The number of nitrogens with zero attached hydrogens (tertiary/aromatic N) is 2. The molecule has 0 unspecified atom stereocenters. The van der Waals surface area contributed by atoms with Crippen LogP contribution in [0.2, 0.25) is 10.0 Å². The van der Waals surface area contributed by atoms with Gasteiger partial charge in [0.25, 0.3) is 5.91 Å². The van der Waals surface area contributed by atoms with Crippen LogP contribution in [-0.2, 0) is 11.4 Å². The number of rotatable bonds is 5. The largest absolute Gasteiger partial charge is 0.488 e. The molecular weight excluding hydrogens is 546 g/mol. The summed E-state index contributed by atoms with van der Waals surface area (Å²) in [5, 5.41) is 6.87. The summed E-state index contributed by atoms with van der Waals surface area (Å²) >= 11 is 14.2. The number of ether oxygens (including phenoxy) is 1. The van der Waals surface area contributed by atoms with E-state index in [9.17, 15) is 4.79 Å². The highest BCUT2D eigenvalue weighted by molar-refractivity contribution is 14.1. The quantitative estimate of drug-likeness (QED) is 0.248. The van der Waals surface area contributed by atoms with Crippen molar-refractivity contribution < 1.29 is 9.53 Å². The maximum atomic E-state index is 12.9.